The molecule has 2 aromatic rings. The Hall–Kier alpha value is -2.86. The number of amides is 2. The van der Waals surface area contributed by atoms with E-state index in [1.807, 2.05) is 30.3 Å². The molecule has 130 valence electrons. The summed E-state index contributed by atoms with van der Waals surface area (Å²) >= 11 is 0. The molecule has 6 heteroatoms. The fourth-order valence-corrected chi connectivity index (χ4v) is 2.87. The van der Waals surface area contributed by atoms with Crippen molar-refractivity contribution in [2.24, 2.45) is 5.73 Å². The average molecular weight is 340 g/mol. The lowest BCUT2D eigenvalue weighted by molar-refractivity contribution is -0.133. The van der Waals surface area contributed by atoms with Crippen molar-refractivity contribution in [2.45, 2.75) is 12.5 Å². The zero-order valence-corrected chi connectivity index (χ0v) is 13.7. The summed E-state index contributed by atoms with van der Waals surface area (Å²) in [5, 5.41) is 10.1. The van der Waals surface area contributed by atoms with Crippen LogP contribution in [0.15, 0.2) is 48.5 Å². The zero-order valence-electron chi connectivity index (χ0n) is 13.7. The van der Waals surface area contributed by atoms with Crippen LogP contribution in [0.1, 0.15) is 21.5 Å². The monoisotopic (exact) mass is 340 g/mol. The summed E-state index contributed by atoms with van der Waals surface area (Å²) in [4.78, 5) is 25.5. The predicted octanol–water partition coefficient (Wildman–Crippen LogP) is 1.31. The molecular weight excluding hydrogens is 320 g/mol. The number of ether oxygens (including phenoxy) is 1. The van der Waals surface area contributed by atoms with Gasteiger partial charge in [0.25, 0.3) is 5.91 Å². The van der Waals surface area contributed by atoms with Crippen LogP contribution in [0.5, 0.6) is 5.75 Å². The highest BCUT2D eigenvalue weighted by Gasteiger charge is 2.29. The van der Waals surface area contributed by atoms with Gasteiger partial charge in [-0.2, -0.15) is 0 Å². The number of hydrogen-bond donors (Lipinski definition) is 2. The largest absolute Gasteiger partial charge is 0.507 e. The zero-order chi connectivity index (χ0) is 17.8. The van der Waals surface area contributed by atoms with E-state index in [-0.39, 0.29) is 30.4 Å². The molecule has 1 unspecified atom stereocenters. The normalized spacial score (nSPS) is 17.3. The SMILES string of the molecule is NC(=O)C1CN(C(=O)c2cc(Cc3ccccc3)ccc2O)CCO1. The third-order valence-corrected chi connectivity index (χ3v) is 4.21. The van der Waals surface area contributed by atoms with E-state index in [0.717, 1.165) is 11.1 Å². The molecule has 25 heavy (non-hydrogen) atoms. The number of morpholine rings is 1. The molecular formula is C19H20N2O4. The molecule has 0 spiro atoms. The summed E-state index contributed by atoms with van der Waals surface area (Å²) in [5.74, 6) is -1.01. The molecule has 6 nitrogen and oxygen atoms in total. The number of carbonyl (C=O) groups excluding carboxylic acids is 2. The Morgan fingerprint density at radius 1 is 1.16 bits per heavy atom. The van der Waals surface area contributed by atoms with Crippen LogP contribution < -0.4 is 5.73 Å². The van der Waals surface area contributed by atoms with E-state index < -0.39 is 12.0 Å². The molecule has 2 amide bonds. The van der Waals surface area contributed by atoms with Gasteiger partial charge in [-0.1, -0.05) is 36.4 Å². The topological polar surface area (TPSA) is 92.9 Å². The molecule has 3 rings (SSSR count). The third-order valence-electron chi connectivity index (χ3n) is 4.21. The van der Waals surface area contributed by atoms with Gasteiger partial charge in [-0.15, -0.1) is 0 Å². The molecule has 1 atom stereocenters. The number of nitrogens with zero attached hydrogens (tertiary/aromatic N) is 1. The van der Waals surface area contributed by atoms with Crippen LogP contribution in [0, 0.1) is 0 Å². The summed E-state index contributed by atoms with van der Waals surface area (Å²) in [5.41, 5.74) is 7.52. The van der Waals surface area contributed by atoms with Gasteiger partial charge < -0.3 is 20.5 Å². The maximum Gasteiger partial charge on any atom is 0.257 e. The molecule has 1 aliphatic heterocycles. The van der Waals surface area contributed by atoms with Crippen LogP contribution in [-0.4, -0.2) is 47.6 Å². The number of primary amides is 1. The van der Waals surface area contributed by atoms with Crippen molar-refractivity contribution < 1.29 is 19.4 Å². The van der Waals surface area contributed by atoms with Crippen molar-refractivity contribution >= 4 is 11.8 Å². The highest BCUT2D eigenvalue weighted by molar-refractivity contribution is 5.97. The molecule has 1 aliphatic rings. The Morgan fingerprint density at radius 3 is 2.64 bits per heavy atom. The van der Waals surface area contributed by atoms with Gasteiger partial charge in [0.15, 0.2) is 6.10 Å². The summed E-state index contributed by atoms with van der Waals surface area (Å²) in [6.07, 6.45) is -0.152. The van der Waals surface area contributed by atoms with E-state index >= 15 is 0 Å². The van der Waals surface area contributed by atoms with E-state index in [4.69, 9.17) is 10.5 Å². The lowest BCUT2D eigenvalue weighted by Crippen LogP contribution is -2.50. The predicted molar refractivity (Wildman–Crippen MR) is 92.2 cm³/mol. The molecule has 2 aromatic carbocycles. The maximum atomic E-state index is 12.8. The highest BCUT2D eigenvalue weighted by atomic mass is 16.5. The maximum absolute atomic E-state index is 12.8. The summed E-state index contributed by atoms with van der Waals surface area (Å²) in [6, 6.07) is 14.9. The minimum Gasteiger partial charge on any atom is -0.507 e. The van der Waals surface area contributed by atoms with Crippen LogP contribution in [0.4, 0.5) is 0 Å². The first-order valence-electron chi connectivity index (χ1n) is 8.10. The van der Waals surface area contributed by atoms with Crippen LogP contribution in [-0.2, 0) is 16.0 Å². The standard InChI is InChI=1S/C19H20N2O4/c20-18(23)17-12-21(8-9-25-17)19(24)15-11-14(6-7-16(15)22)10-13-4-2-1-3-5-13/h1-7,11,17,22H,8-10,12H2,(H2,20,23). The van der Waals surface area contributed by atoms with Crippen LogP contribution in [0.25, 0.3) is 0 Å². The molecule has 0 bridgehead atoms. The Kier molecular flexibility index (Phi) is 5.00. The fourth-order valence-electron chi connectivity index (χ4n) is 2.87. The second kappa shape index (κ2) is 7.36. The van der Waals surface area contributed by atoms with Crippen molar-refractivity contribution in [2.75, 3.05) is 19.7 Å². The van der Waals surface area contributed by atoms with Gasteiger partial charge >= 0.3 is 0 Å². The highest BCUT2D eigenvalue weighted by Crippen LogP contribution is 2.23. The number of hydrogen-bond acceptors (Lipinski definition) is 4. The van der Waals surface area contributed by atoms with E-state index in [1.165, 1.54) is 11.0 Å². The first-order valence-corrected chi connectivity index (χ1v) is 8.10. The number of phenolic OH excluding ortho intramolecular Hbond substituents is 1. The van der Waals surface area contributed by atoms with E-state index in [9.17, 15) is 14.7 Å². The van der Waals surface area contributed by atoms with E-state index in [2.05, 4.69) is 0 Å². The molecule has 0 saturated carbocycles. The van der Waals surface area contributed by atoms with Crippen molar-refractivity contribution in [3.8, 4) is 5.75 Å². The average Bonchev–Trinajstić information content (AvgIpc) is 2.63. The molecule has 0 aliphatic carbocycles. The number of benzene rings is 2. The summed E-state index contributed by atoms with van der Waals surface area (Å²) < 4.78 is 5.26. The fraction of sp³-hybridized carbons (Fsp3) is 0.263. The minimum atomic E-state index is -0.813. The van der Waals surface area contributed by atoms with Gasteiger partial charge in [-0.05, 0) is 29.7 Å². The molecule has 1 heterocycles. The quantitative estimate of drug-likeness (QED) is 0.878. The van der Waals surface area contributed by atoms with Gasteiger partial charge in [0.2, 0.25) is 5.91 Å². The second-order valence-electron chi connectivity index (χ2n) is 6.03. The smallest absolute Gasteiger partial charge is 0.257 e. The van der Waals surface area contributed by atoms with E-state index in [1.54, 1.807) is 12.1 Å². The van der Waals surface area contributed by atoms with Gasteiger partial charge in [-0.25, -0.2) is 0 Å². The number of carbonyl (C=O) groups is 2. The third kappa shape index (κ3) is 3.97. The van der Waals surface area contributed by atoms with Crippen LogP contribution in [0.3, 0.4) is 0 Å². The van der Waals surface area contributed by atoms with Gasteiger partial charge in [-0.3, -0.25) is 9.59 Å². The van der Waals surface area contributed by atoms with Crippen molar-refractivity contribution in [1.29, 1.82) is 0 Å². The van der Waals surface area contributed by atoms with Crippen molar-refractivity contribution in [3.05, 3.63) is 65.2 Å². The molecule has 0 radical (unpaired) electrons. The molecule has 1 fully saturated rings. The van der Waals surface area contributed by atoms with Gasteiger partial charge in [0.1, 0.15) is 5.75 Å². The summed E-state index contributed by atoms with van der Waals surface area (Å²) in [7, 11) is 0. The summed E-state index contributed by atoms with van der Waals surface area (Å²) in [6.45, 7) is 0.686. The first-order chi connectivity index (χ1) is 12.0. The number of rotatable bonds is 4. The molecule has 1 saturated heterocycles. The number of nitrogens with two attached hydrogens (primary N) is 1. The Labute approximate surface area is 145 Å². The van der Waals surface area contributed by atoms with Crippen molar-refractivity contribution in [1.82, 2.24) is 4.90 Å². The van der Waals surface area contributed by atoms with Gasteiger partial charge in [0, 0.05) is 6.54 Å². The lowest BCUT2D eigenvalue weighted by atomic mass is 10.0. The first kappa shape index (κ1) is 17.0. The Balaban J connectivity index is 1.80. The second-order valence-corrected chi connectivity index (χ2v) is 6.03. The molecule has 0 aromatic heterocycles. The van der Waals surface area contributed by atoms with Crippen LogP contribution in [0.2, 0.25) is 0 Å². The lowest BCUT2D eigenvalue weighted by Gasteiger charge is -2.31. The van der Waals surface area contributed by atoms with Crippen molar-refractivity contribution in [3.63, 3.8) is 0 Å². The Bertz CT molecular complexity index is 776. The Morgan fingerprint density at radius 2 is 1.92 bits per heavy atom. The molecule has 3 N–H and O–H groups in total. The number of phenols is 1. The number of aromatic hydroxyl groups is 1. The minimum absolute atomic E-state index is 0.0797. The van der Waals surface area contributed by atoms with Crippen LogP contribution >= 0.6 is 0 Å². The van der Waals surface area contributed by atoms with Gasteiger partial charge in [0.05, 0.1) is 18.7 Å². The van der Waals surface area contributed by atoms with E-state index in [0.29, 0.717) is 13.0 Å².